The molecule has 0 saturated heterocycles. The van der Waals surface area contributed by atoms with E-state index in [4.69, 9.17) is 0 Å². The van der Waals surface area contributed by atoms with E-state index >= 15 is 0 Å². The van der Waals surface area contributed by atoms with Gasteiger partial charge in [-0.15, -0.1) is 11.3 Å². The molecule has 0 aliphatic carbocycles. The summed E-state index contributed by atoms with van der Waals surface area (Å²) in [5.74, 6) is 0. The van der Waals surface area contributed by atoms with Gasteiger partial charge in [0.2, 0.25) is 0 Å². The van der Waals surface area contributed by atoms with Crippen LogP contribution in [0.2, 0.25) is 0 Å². The number of nitrogens with zero attached hydrogens (tertiary/aromatic N) is 2. The molecule has 0 saturated carbocycles. The topological polar surface area (TPSA) is 68.1 Å². The second-order valence-corrected chi connectivity index (χ2v) is 5.48. The molecular weight excluding hydrogens is 262 g/mol. The minimum atomic E-state index is -0.351. The lowest BCUT2D eigenvalue weighted by molar-refractivity contribution is -0.385. The van der Waals surface area contributed by atoms with Gasteiger partial charge in [-0.3, -0.25) is 10.1 Å². The average molecular weight is 277 g/mol. The van der Waals surface area contributed by atoms with Crippen molar-refractivity contribution >= 4 is 22.7 Å². The lowest BCUT2D eigenvalue weighted by atomic mass is 10.1. The quantitative estimate of drug-likeness (QED) is 0.685. The maximum Gasteiger partial charge on any atom is 0.272 e. The zero-order valence-corrected chi connectivity index (χ0v) is 11.9. The number of thiazole rings is 1. The van der Waals surface area contributed by atoms with Gasteiger partial charge in [-0.05, 0) is 32.4 Å². The SMILES string of the molecule is Cc1nc(CNc2cc(C)c([N+](=O)[O-])cc2C)cs1. The molecule has 2 rings (SSSR count). The van der Waals surface area contributed by atoms with Crippen molar-refractivity contribution in [3.8, 4) is 0 Å². The highest BCUT2D eigenvalue weighted by Crippen LogP contribution is 2.26. The van der Waals surface area contributed by atoms with Crippen LogP contribution in [-0.4, -0.2) is 9.91 Å². The van der Waals surface area contributed by atoms with Crippen molar-refractivity contribution in [2.24, 2.45) is 0 Å². The molecule has 100 valence electrons. The summed E-state index contributed by atoms with van der Waals surface area (Å²) >= 11 is 1.61. The van der Waals surface area contributed by atoms with E-state index in [1.807, 2.05) is 25.3 Å². The fourth-order valence-electron chi connectivity index (χ4n) is 1.86. The molecule has 0 atom stereocenters. The third-order valence-electron chi connectivity index (χ3n) is 2.87. The minimum Gasteiger partial charge on any atom is -0.379 e. The van der Waals surface area contributed by atoms with E-state index in [2.05, 4.69) is 10.3 Å². The van der Waals surface area contributed by atoms with Gasteiger partial charge in [-0.1, -0.05) is 0 Å². The number of hydrogen-bond acceptors (Lipinski definition) is 5. The Morgan fingerprint density at radius 2 is 2.05 bits per heavy atom. The van der Waals surface area contributed by atoms with Crippen molar-refractivity contribution in [1.82, 2.24) is 4.98 Å². The summed E-state index contributed by atoms with van der Waals surface area (Å²) in [7, 11) is 0. The predicted octanol–water partition coefficient (Wildman–Crippen LogP) is 3.59. The van der Waals surface area contributed by atoms with E-state index in [1.165, 1.54) is 0 Å². The van der Waals surface area contributed by atoms with E-state index in [9.17, 15) is 10.1 Å². The van der Waals surface area contributed by atoms with Gasteiger partial charge < -0.3 is 5.32 Å². The first kappa shape index (κ1) is 13.5. The van der Waals surface area contributed by atoms with Crippen LogP contribution in [-0.2, 0) is 6.54 Å². The van der Waals surface area contributed by atoms with Crippen molar-refractivity contribution in [1.29, 1.82) is 0 Å². The highest BCUT2D eigenvalue weighted by Gasteiger charge is 2.13. The number of nitro groups is 1. The molecule has 2 aromatic rings. The molecule has 5 nitrogen and oxygen atoms in total. The van der Waals surface area contributed by atoms with Gasteiger partial charge in [0.05, 0.1) is 22.2 Å². The van der Waals surface area contributed by atoms with Crippen molar-refractivity contribution in [3.05, 3.63) is 49.5 Å². The lowest BCUT2D eigenvalue weighted by Crippen LogP contribution is -2.03. The third kappa shape index (κ3) is 3.08. The molecule has 1 heterocycles. The highest BCUT2D eigenvalue weighted by molar-refractivity contribution is 7.09. The molecule has 1 aromatic carbocycles. The second-order valence-electron chi connectivity index (χ2n) is 4.42. The predicted molar refractivity (Wildman–Crippen MR) is 76.7 cm³/mol. The molecule has 0 spiro atoms. The Hall–Kier alpha value is -1.95. The van der Waals surface area contributed by atoms with Crippen LogP contribution >= 0.6 is 11.3 Å². The molecule has 6 heteroatoms. The second kappa shape index (κ2) is 5.36. The van der Waals surface area contributed by atoms with Gasteiger partial charge in [0.1, 0.15) is 0 Å². The molecule has 0 radical (unpaired) electrons. The Labute approximate surface area is 115 Å². The average Bonchev–Trinajstić information content (AvgIpc) is 2.75. The van der Waals surface area contributed by atoms with Crippen LogP contribution in [0.25, 0.3) is 0 Å². The number of nitrogens with one attached hydrogen (secondary N) is 1. The summed E-state index contributed by atoms with van der Waals surface area (Å²) in [4.78, 5) is 14.9. The first-order valence-electron chi connectivity index (χ1n) is 5.88. The molecule has 0 aliphatic rings. The molecule has 0 amide bonds. The van der Waals surface area contributed by atoms with E-state index < -0.39 is 0 Å². The van der Waals surface area contributed by atoms with Crippen LogP contribution in [0.1, 0.15) is 21.8 Å². The first-order valence-corrected chi connectivity index (χ1v) is 6.76. The number of anilines is 1. The van der Waals surface area contributed by atoms with Crippen LogP contribution in [0.3, 0.4) is 0 Å². The summed E-state index contributed by atoms with van der Waals surface area (Å²) < 4.78 is 0. The maximum atomic E-state index is 10.8. The molecular formula is C13H15N3O2S. The smallest absolute Gasteiger partial charge is 0.272 e. The van der Waals surface area contributed by atoms with Crippen molar-refractivity contribution in [2.75, 3.05) is 5.32 Å². The molecule has 1 N–H and O–H groups in total. The molecule has 0 unspecified atom stereocenters. The Bertz CT molecular complexity index is 622. The summed E-state index contributed by atoms with van der Waals surface area (Å²) in [6, 6.07) is 3.41. The lowest BCUT2D eigenvalue weighted by Gasteiger charge is -2.09. The zero-order chi connectivity index (χ0) is 14.0. The van der Waals surface area contributed by atoms with Gasteiger partial charge in [0.15, 0.2) is 0 Å². The number of aryl methyl sites for hydroxylation is 3. The number of rotatable bonds is 4. The monoisotopic (exact) mass is 277 g/mol. The van der Waals surface area contributed by atoms with E-state index in [0.717, 1.165) is 22.0 Å². The van der Waals surface area contributed by atoms with Gasteiger partial charge in [-0.25, -0.2) is 4.98 Å². The van der Waals surface area contributed by atoms with Crippen LogP contribution in [0.15, 0.2) is 17.5 Å². The van der Waals surface area contributed by atoms with E-state index in [0.29, 0.717) is 12.1 Å². The Morgan fingerprint density at radius 1 is 1.32 bits per heavy atom. The zero-order valence-electron chi connectivity index (χ0n) is 11.1. The van der Waals surface area contributed by atoms with E-state index in [1.54, 1.807) is 24.3 Å². The van der Waals surface area contributed by atoms with Crippen LogP contribution in [0.4, 0.5) is 11.4 Å². The fraction of sp³-hybridized carbons (Fsp3) is 0.308. The molecule has 0 aliphatic heterocycles. The van der Waals surface area contributed by atoms with Crippen molar-refractivity contribution in [2.45, 2.75) is 27.3 Å². The summed E-state index contributed by atoms with van der Waals surface area (Å²) in [6.45, 7) is 6.20. The van der Waals surface area contributed by atoms with Crippen LogP contribution < -0.4 is 5.32 Å². The van der Waals surface area contributed by atoms with Gasteiger partial charge in [-0.2, -0.15) is 0 Å². The molecule has 19 heavy (non-hydrogen) atoms. The number of benzene rings is 1. The van der Waals surface area contributed by atoms with Crippen molar-refractivity contribution < 1.29 is 4.92 Å². The van der Waals surface area contributed by atoms with Gasteiger partial charge in [0.25, 0.3) is 5.69 Å². The summed E-state index contributed by atoms with van der Waals surface area (Å²) in [5.41, 5.74) is 3.58. The Morgan fingerprint density at radius 3 is 2.63 bits per heavy atom. The number of aromatic nitrogens is 1. The largest absolute Gasteiger partial charge is 0.379 e. The first-order chi connectivity index (χ1) is 8.97. The summed E-state index contributed by atoms with van der Waals surface area (Å²) in [6.07, 6.45) is 0. The maximum absolute atomic E-state index is 10.8. The normalized spacial score (nSPS) is 10.5. The summed E-state index contributed by atoms with van der Waals surface area (Å²) in [5, 5.41) is 17.2. The van der Waals surface area contributed by atoms with Crippen LogP contribution in [0.5, 0.6) is 0 Å². The van der Waals surface area contributed by atoms with Gasteiger partial charge >= 0.3 is 0 Å². The molecule has 1 aromatic heterocycles. The highest BCUT2D eigenvalue weighted by atomic mass is 32.1. The standard InChI is InChI=1S/C13H15N3O2S/c1-8-5-13(16(17)18)9(2)4-12(8)14-6-11-7-19-10(3)15-11/h4-5,7,14H,6H2,1-3H3. The molecule has 0 bridgehead atoms. The minimum absolute atomic E-state index is 0.160. The number of hydrogen-bond donors (Lipinski definition) is 1. The Kier molecular flexibility index (Phi) is 3.80. The van der Waals surface area contributed by atoms with Crippen molar-refractivity contribution in [3.63, 3.8) is 0 Å². The molecule has 0 fully saturated rings. The third-order valence-corrected chi connectivity index (χ3v) is 3.69. The van der Waals surface area contributed by atoms with Gasteiger partial charge in [0, 0.05) is 22.7 Å². The van der Waals surface area contributed by atoms with Crippen LogP contribution in [0, 0.1) is 30.9 Å². The number of nitro benzene ring substituents is 1. The fourth-order valence-corrected chi connectivity index (χ4v) is 2.48. The van der Waals surface area contributed by atoms with E-state index in [-0.39, 0.29) is 10.6 Å². The Balaban J connectivity index is 2.17.